The van der Waals surface area contributed by atoms with Gasteiger partial charge in [-0.2, -0.15) is 0 Å². The second kappa shape index (κ2) is 18.4. The van der Waals surface area contributed by atoms with E-state index in [0.717, 1.165) is 12.0 Å². The summed E-state index contributed by atoms with van der Waals surface area (Å²) in [6, 6.07) is 5.12. The Hall–Kier alpha value is -3.01. The first-order valence-electron chi connectivity index (χ1n) is 14.0. The Morgan fingerprint density at radius 1 is 1.07 bits per heavy atom. The number of nitrogens with zero attached hydrogens (tertiary/aromatic N) is 3. The minimum atomic E-state index is -1.01. The highest BCUT2D eigenvalue weighted by Gasteiger charge is 2.31. The van der Waals surface area contributed by atoms with Gasteiger partial charge in [0.2, 0.25) is 11.8 Å². The molecular weight excluding hydrogens is 514 g/mol. The summed E-state index contributed by atoms with van der Waals surface area (Å²) < 4.78 is 16.5. The number of hydrogen-bond donors (Lipinski definition) is 3. The van der Waals surface area contributed by atoms with Crippen molar-refractivity contribution in [3.05, 3.63) is 34.2 Å². The Morgan fingerprint density at radius 2 is 1.77 bits per heavy atom. The van der Waals surface area contributed by atoms with Crippen LogP contribution >= 0.6 is 0 Å². The van der Waals surface area contributed by atoms with Crippen LogP contribution in [0.3, 0.4) is 0 Å². The maximum Gasteiger partial charge on any atom is 0.223 e. The molecule has 226 valence electrons. The van der Waals surface area contributed by atoms with Crippen molar-refractivity contribution in [1.29, 1.82) is 0 Å². The number of aliphatic hydroxyl groups is 1. The van der Waals surface area contributed by atoms with Crippen molar-refractivity contribution in [3.8, 4) is 11.5 Å². The van der Waals surface area contributed by atoms with Gasteiger partial charge >= 0.3 is 0 Å². The van der Waals surface area contributed by atoms with E-state index < -0.39 is 29.9 Å². The lowest BCUT2D eigenvalue weighted by Gasteiger charge is -2.30. The predicted molar refractivity (Wildman–Crippen MR) is 155 cm³/mol. The maximum atomic E-state index is 12.9. The number of ether oxygens (including phenoxy) is 3. The van der Waals surface area contributed by atoms with Gasteiger partial charge in [0.15, 0.2) is 11.5 Å². The van der Waals surface area contributed by atoms with Gasteiger partial charge in [-0.25, -0.2) is 0 Å². The standard InChI is InChI=1S/C29H49N5O6/c1-18(2)22(13-21-9-10-26(39-7)27(14-21)40-12-8-11-38-6)15-24(33-34-31)25(35)16-23(19(3)4)29(37)32-17-20(5)28(30)36/h9-10,14,18-20,22-25,35H,8,11-13,15-17H2,1-7H3,(H2,30,36)(H,32,37)/t20?,22-,23-,24-,25-/m0/s1. The number of nitrogens with two attached hydrogens (primary N) is 1. The molecule has 0 radical (unpaired) electrons. The first-order valence-corrected chi connectivity index (χ1v) is 14.0. The summed E-state index contributed by atoms with van der Waals surface area (Å²) in [5.41, 5.74) is 15.6. The minimum absolute atomic E-state index is 0.0762. The molecule has 0 saturated carbocycles. The lowest BCUT2D eigenvalue weighted by molar-refractivity contribution is -0.128. The summed E-state index contributed by atoms with van der Waals surface area (Å²) in [6.07, 6.45) is 0.998. The number of carbonyl (C=O) groups excluding carboxylic acids is 2. The molecule has 0 fully saturated rings. The molecule has 1 rings (SSSR count). The molecule has 11 heteroatoms. The Morgan fingerprint density at radius 3 is 2.33 bits per heavy atom. The van der Waals surface area contributed by atoms with Gasteiger partial charge in [-0.1, -0.05) is 45.8 Å². The van der Waals surface area contributed by atoms with Crippen molar-refractivity contribution < 1.29 is 28.9 Å². The zero-order valence-corrected chi connectivity index (χ0v) is 25.1. The zero-order chi connectivity index (χ0) is 30.2. The highest BCUT2D eigenvalue weighted by atomic mass is 16.5. The number of rotatable bonds is 20. The monoisotopic (exact) mass is 563 g/mol. The van der Waals surface area contributed by atoms with Crippen LogP contribution in [0.2, 0.25) is 0 Å². The van der Waals surface area contributed by atoms with E-state index in [0.29, 0.717) is 37.6 Å². The van der Waals surface area contributed by atoms with Crippen molar-refractivity contribution >= 4 is 11.8 Å². The van der Waals surface area contributed by atoms with Crippen LogP contribution in [0.25, 0.3) is 10.4 Å². The van der Waals surface area contributed by atoms with Gasteiger partial charge in [0.05, 0.1) is 31.8 Å². The molecule has 40 heavy (non-hydrogen) atoms. The Balaban J connectivity index is 3.02. The zero-order valence-electron chi connectivity index (χ0n) is 25.1. The molecule has 4 N–H and O–H groups in total. The fourth-order valence-electron chi connectivity index (χ4n) is 4.48. The molecule has 0 spiro atoms. The van der Waals surface area contributed by atoms with E-state index in [1.165, 1.54) is 0 Å². The molecule has 0 heterocycles. The Labute approximate surface area is 238 Å². The van der Waals surface area contributed by atoms with Crippen molar-refractivity contribution in [3.63, 3.8) is 0 Å². The molecule has 0 aromatic heterocycles. The first kappa shape index (κ1) is 35.0. The van der Waals surface area contributed by atoms with E-state index in [1.807, 2.05) is 32.0 Å². The number of azide groups is 1. The lowest BCUT2D eigenvalue weighted by Crippen LogP contribution is -2.41. The van der Waals surface area contributed by atoms with Gasteiger partial charge in [0.1, 0.15) is 0 Å². The molecule has 0 aliphatic carbocycles. The van der Waals surface area contributed by atoms with Gasteiger partial charge in [-0.05, 0) is 60.2 Å². The number of nitrogens with one attached hydrogen (secondary N) is 1. The fourth-order valence-corrected chi connectivity index (χ4v) is 4.48. The SMILES string of the molecule is COCCCOc1cc(C[C@@H](C[C@H](N=[N+]=[N-])[C@@H](O)C[C@H](C(=O)NCC(C)C(N)=O)C(C)C)C(C)C)ccc1OC. The molecule has 0 aliphatic rings. The third-order valence-corrected chi connectivity index (χ3v) is 7.31. The van der Waals surface area contributed by atoms with Crippen LogP contribution < -0.4 is 20.5 Å². The van der Waals surface area contributed by atoms with Crippen molar-refractivity contribution in [2.45, 2.75) is 72.4 Å². The molecule has 0 bridgehead atoms. The molecule has 5 atom stereocenters. The third-order valence-electron chi connectivity index (χ3n) is 7.31. The largest absolute Gasteiger partial charge is 0.493 e. The second-order valence-corrected chi connectivity index (χ2v) is 11.1. The average Bonchev–Trinajstić information content (AvgIpc) is 2.91. The molecule has 11 nitrogen and oxygen atoms in total. The van der Waals surface area contributed by atoms with Crippen LogP contribution in [-0.4, -0.2) is 63.0 Å². The summed E-state index contributed by atoms with van der Waals surface area (Å²) in [5, 5.41) is 17.9. The highest BCUT2D eigenvalue weighted by Crippen LogP contribution is 2.32. The van der Waals surface area contributed by atoms with E-state index in [2.05, 4.69) is 29.2 Å². The first-order chi connectivity index (χ1) is 18.9. The fraction of sp³-hybridized carbons (Fsp3) is 0.724. The molecule has 0 saturated heterocycles. The molecule has 1 aromatic rings. The van der Waals surface area contributed by atoms with Gasteiger partial charge in [-0.15, -0.1) is 0 Å². The summed E-state index contributed by atoms with van der Waals surface area (Å²) in [7, 11) is 3.25. The predicted octanol–water partition coefficient (Wildman–Crippen LogP) is 4.26. The van der Waals surface area contributed by atoms with Crippen molar-refractivity contribution in [2.75, 3.05) is 34.0 Å². The Bertz CT molecular complexity index is 966. The van der Waals surface area contributed by atoms with Gasteiger partial charge in [-0.3, -0.25) is 9.59 Å². The van der Waals surface area contributed by atoms with Crippen LogP contribution in [0.15, 0.2) is 23.3 Å². The van der Waals surface area contributed by atoms with E-state index in [-0.39, 0.29) is 36.6 Å². The number of aliphatic hydroxyl groups excluding tert-OH is 1. The maximum absolute atomic E-state index is 12.9. The average molecular weight is 564 g/mol. The van der Waals surface area contributed by atoms with E-state index in [4.69, 9.17) is 19.9 Å². The van der Waals surface area contributed by atoms with Crippen LogP contribution in [0.1, 0.15) is 59.4 Å². The molecule has 2 amide bonds. The van der Waals surface area contributed by atoms with E-state index in [9.17, 15) is 20.2 Å². The quantitative estimate of drug-likeness (QED) is 0.0927. The van der Waals surface area contributed by atoms with E-state index >= 15 is 0 Å². The van der Waals surface area contributed by atoms with Crippen LogP contribution in [0, 0.1) is 29.6 Å². The number of carbonyl (C=O) groups is 2. The van der Waals surface area contributed by atoms with Crippen molar-refractivity contribution in [1.82, 2.24) is 5.32 Å². The second-order valence-electron chi connectivity index (χ2n) is 11.1. The van der Waals surface area contributed by atoms with Crippen LogP contribution in [0.4, 0.5) is 0 Å². The number of primary amides is 1. The number of amides is 2. The summed E-state index contributed by atoms with van der Waals surface area (Å²) in [5.74, 6) is -0.243. The molecule has 1 aromatic carbocycles. The van der Waals surface area contributed by atoms with Crippen LogP contribution in [-0.2, 0) is 20.7 Å². The van der Waals surface area contributed by atoms with Gasteiger partial charge in [0, 0.05) is 37.5 Å². The smallest absolute Gasteiger partial charge is 0.223 e. The normalized spacial score (nSPS) is 15.1. The number of benzene rings is 1. The number of methoxy groups -OCH3 is 2. The molecular formula is C29H49N5O6. The third kappa shape index (κ3) is 12.0. The lowest BCUT2D eigenvalue weighted by atomic mass is 9.80. The molecule has 1 unspecified atom stereocenters. The van der Waals surface area contributed by atoms with E-state index in [1.54, 1.807) is 21.1 Å². The van der Waals surface area contributed by atoms with Crippen LogP contribution in [0.5, 0.6) is 11.5 Å². The minimum Gasteiger partial charge on any atom is -0.493 e. The highest BCUT2D eigenvalue weighted by molar-refractivity contribution is 5.81. The molecule has 0 aliphatic heterocycles. The number of hydrogen-bond acceptors (Lipinski definition) is 7. The summed E-state index contributed by atoms with van der Waals surface area (Å²) >= 11 is 0. The van der Waals surface area contributed by atoms with Gasteiger partial charge in [0.25, 0.3) is 0 Å². The van der Waals surface area contributed by atoms with Gasteiger partial charge < -0.3 is 30.4 Å². The van der Waals surface area contributed by atoms with Crippen molar-refractivity contribution in [2.24, 2.45) is 40.4 Å². The summed E-state index contributed by atoms with van der Waals surface area (Å²) in [4.78, 5) is 27.2. The summed E-state index contributed by atoms with van der Waals surface area (Å²) in [6.45, 7) is 10.9. The Kier molecular flexibility index (Phi) is 16.1. The topological polar surface area (TPSA) is 169 Å².